The van der Waals surface area contributed by atoms with Crippen molar-refractivity contribution in [1.29, 1.82) is 0 Å². The largest absolute Gasteiger partial charge is 0.469 e. The molecule has 1 N–H and O–H groups in total. The summed E-state index contributed by atoms with van der Waals surface area (Å²) in [5, 5.41) is 3.03. The Morgan fingerprint density at radius 2 is 2.22 bits per heavy atom. The van der Waals surface area contributed by atoms with E-state index >= 15 is 0 Å². The van der Waals surface area contributed by atoms with Gasteiger partial charge < -0.3 is 10.1 Å². The van der Waals surface area contributed by atoms with Crippen LogP contribution in [0.1, 0.15) is 12.5 Å². The summed E-state index contributed by atoms with van der Waals surface area (Å²) >= 11 is 0. The maximum atomic E-state index is 13.9. The van der Waals surface area contributed by atoms with Crippen LogP contribution in [0.2, 0.25) is 0 Å². The number of halogens is 2. The lowest BCUT2D eigenvalue weighted by Crippen LogP contribution is -2.38. The normalized spacial score (nSPS) is 27.2. The fourth-order valence-corrected chi connectivity index (χ4v) is 2.54. The molecule has 0 aliphatic carbocycles. The Hall–Kier alpha value is -1.49. The Balaban J connectivity index is 2.46. The highest BCUT2D eigenvalue weighted by atomic mass is 19.2. The van der Waals surface area contributed by atoms with Crippen LogP contribution in [-0.2, 0) is 14.9 Å². The molecule has 1 saturated heterocycles. The molecule has 5 heteroatoms. The summed E-state index contributed by atoms with van der Waals surface area (Å²) in [7, 11) is 1.29. The van der Waals surface area contributed by atoms with E-state index in [1.165, 1.54) is 19.2 Å². The molecule has 0 amide bonds. The third kappa shape index (κ3) is 1.88. The Labute approximate surface area is 104 Å². The number of methoxy groups -OCH3 is 1. The highest BCUT2D eigenvalue weighted by molar-refractivity contribution is 5.75. The number of hydrogen-bond acceptors (Lipinski definition) is 3. The Morgan fingerprint density at radius 1 is 1.50 bits per heavy atom. The van der Waals surface area contributed by atoms with Gasteiger partial charge in [0.15, 0.2) is 11.6 Å². The third-order valence-electron chi connectivity index (χ3n) is 3.66. The Kier molecular flexibility index (Phi) is 3.34. The van der Waals surface area contributed by atoms with Crippen molar-refractivity contribution in [2.75, 3.05) is 20.2 Å². The first kappa shape index (κ1) is 13.0. The summed E-state index contributed by atoms with van der Waals surface area (Å²) in [5.74, 6) is -2.72. The molecular formula is C13H15F2NO2. The van der Waals surface area contributed by atoms with Gasteiger partial charge in [0.25, 0.3) is 0 Å². The van der Waals surface area contributed by atoms with Crippen molar-refractivity contribution >= 4 is 5.97 Å². The van der Waals surface area contributed by atoms with Gasteiger partial charge in [0.1, 0.15) is 0 Å². The van der Waals surface area contributed by atoms with Crippen LogP contribution < -0.4 is 5.32 Å². The van der Waals surface area contributed by atoms with E-state index in [4.69, 9.17) is 4.74 Å². The van der Waals surface area contributed by atoms with Crippen molar-refractivity contribution in [3.05, 3.63) is 35.4 Å². The molecule has 0 radical (unpaired) electrons. The molecule has 0 saturated carbocycles. The average Bonchev–Trinajstić information content (AvgIpc) is 2.75. The van der Waals surface area contributed by atoms with E-state index in [9.17, 15) is 13.6 Å². The molecular weight excluding hydrogens is 240 g/mol. The standard InChI is InChI=1S/C13H15F2NO2/c1-13(7-16-6-9(13)12(17)18-2)8-4-3-5-10(14)11(8)15/h3-5,9,16H,6-7H2,1-2H3. The number of rotatable bonds is 2. The van der Waals surface area contributed by atoms with Gasteiger partial charge in [-0.15, -0.1) is 0 Å². The van der Waals surface area contributed by atoms with Gasteiger partial charge in [-0.05, 0) is 11.6 Å². The molecule has 0 spiro atoms. The fourth-order valence-electron chi connectivity index (χ4n) is 2.54. The molecule has 2 rings (SSSR count). The number of carbonyl (C=O) groups excluding carboxylic acids is 1. The van der Waals surface area contributed by atoms with Gasteiger partial charge in [-0.25, -0.2) is 8.78 Å². The second kappa shape index (κ2) is 4.65. The van der Waals surface area contributed by atoms with Crippen LogP contribution in [0.25, 0.3) is 0 Å². The van der Waals surface area contributed by atoms with Gasteiger partial charge in [-0.3, -0.25) is 4.79 Å². The smallest absolute Gasteiger partial charge is 0.310 e. The van der Waals surface area contributed by atoms with Crippen LogP contribution in [0.15, 0.2) is 18.2 Å². The van der Waals surface area contributed by atoms with E-state index in [0.717, 1.165) is 6.07 Å². The molecule has 1 aromatic rings. The first-order valence-electron chi connectivity index (χ1n) is 5.73. The molecule has 3 nitrogen and oxygen atoms in total. The molecule has 1 heterocycles. The number of hydrogen-bond donors (Lipinski definition) is 1. The van der Waals surface area contributed by atoms with Gasteiger partial charge in [-0.1, -0.05) is 19.1 Å². The average molecular weight is 255 g/mol. The van der Waals surface area contributed by atoms with Gasteiger partial charge in [0, 0.05) is 18.5 Å². The monoisotopic (exact) mass is 255 g/mol. The molecule has 1 fully saturated rings. The lowest BCUT2D eigenvalue weighted by atomic mass is 9.74. The second-order valence-corrected chi connectivity index (χ2v) is 4.73. The topological polar surface area (TPSA) is 38.3 Å². The predicted molar refractivity (Wildman–Crippen MR) is 62.1 cm³/mol. The molecule has 18 heavy (non-hydrogen) atoms. The highest BCUT2D eigenvalue weighted by Crippen LogP contribution is 2.37. The van der Waals surface area contributed by atoms with Crippen molar-refractivity contribution in [3.8, 4) is 0 Å². The van der Waals surface area contributed by atoms with Crippen LogP contribution in [0.3, 0.4) is 0 Å². The van der Waals surface area contributed by atoms with Crippen molar-refractivity contribution in [3.63, 3.8) is 0 Å². The van der Waals surface area contributed by atoms with Gasteiger partial charge >= 0.3 is 5.97 Å². The quantitative estimate of drug-likeness (QED) is 0.816. The van der Waals surface area contributed by atoms with Crippen LogP contribution in [0.4, 0.5) is 8.78 Å². The lowest BCUT2D eigenvalue weighted by molar-refractivity contribution is -0.146. The van der Waals surface area contributed by atoms with E-state index in [1.807, 2.05) is 0 Å². The van der Waals surface area contributed by atoms with Crippen LogP contribution in [-0.4, -0.2) is 26.2 Å². The molecule has 0 bridgehead atoms. The van der Waals surface area contributed by atoms with Crippen LogP contribution in [0.5, 0.6) is 0 Å². The minimum Gasteiger partial charge on any atom is -0.469 e. The molecule has 2 unspecified atom stereocenters. The van der Waals surface area contributed by atoms with Crippen molar-refractivity contribution in [1.82, 2.24) is 5.32 Å². The molecule has 1 aromatic carbocycles. The highest BCUT2D eigenvalue weighted by Gasteiger charge is 2.46. The maximum absolute atomic E-state index is 13.9. The summed E-state index contributed by atoms with van der Waals surface area (Å²) in [6.45, 7) is 2.55. The Bertz CT molecular complexity index is 478. The molecule has 1 aliphatic rings. The fraction of sp³-hybridized carbons (Fsp3) is 0.462. The molecule has 0 aromatic heterocycles. The van der Waals surface area contributed by atoms with Crippen LogP contribution >= 0.6 is 0 Å². The molecule has 1 aliphatic heterocycles. The minimum atomic E-state index is -0.899. The number of ether oxygens (including phenoxy) is 1. The van der Waals surface area contributed by atoms with Gasteiger partial charge in [-0.2, -0.15) is 0 Å². The number of benzene rings is 1. The van der Waals surface area contributed by atoms with E-state index in [1.54, 1.807) is 6.92 Å². The van der Waals surface area contributed by atoms with Crippen molar-refractivity contribution < 1.29 is 18.3 Å². The first-order valence-corrected chi connectivity index (χ1v) is 5.73. The summed E-state index contributed by atoms with van der Waals surface area (Å²) in [5.41, 5.74) is -0.581. The summed E-state index contributed by atoms with van der Waals surface area (Å²) in [4.78, 5) is 11.7. The SMILES string of the molecule is COC(=O)C1CNCC1(C)c1cccc(F)c1F. The van der Waals surface area contributed by atoms with Crippen molar-refractivity contribution in [2.45, 2.75) is 12.3 Å². The van der Waals surface area contributed by atoms with E-state index in [2.05, 4.69) is 5.32 Å². The molecule has 2 atom stereocenters. The summed E-state index contributed by atoms with van der Waals surface area (Å²) < 4.78 is 31.9. The van der Waals surface area contributed by atoms with E-state index < -0.39 is 28.9 Å². The lowest BCUT2D eigenvalue weighted by Gasteiger charge is -2.29. The van der Waals surface area contributed by atoms with Crippen LogP contribution in [0, 0.1) is 17.6 Å². The maximum Gasteiger partial charge on any atom is 0.310 e. The predicted octanol–water partition coefficient (Wildman–Crippen LogP) is 1.61. The van der Waals surface area contributed by atoms with E-state index in [-0.39, 0.29) is 5.56 Å². The second-order valence-electron chi connectivity index (χ2n) is 4.73. The zero-order valence-corrected chi connectivity index (χ0v) is 10.3. The van der Waals surface area contributed by atoms with Gasteiger partial charge in [0.05, 0.1) is 13.0 Å². The van der Waals surface area contributed by atoms with E-state index in [0.29, 0.717) is 13.1 Å². The third-order valence-corrected chi connectivity index (χ3v) is 3.66. The summed E-state index contributed by atoms with van der Waals surface area (Å²) in [6.07, 6.45) is 0. The van der Waals surface area contributed by atoms with Crippen molar-refractivity contribution in [2.24, 2.45) is 5.92 Å². The number of esters is 1. The molecule has 98 valence electrons. The first-order chi connectivity index (χ1) is 8.50. The number of carbonyl (C=O) groups is 1. The summed E-state index contributed by atoms with van der Waals surface area (Å²) in [6, 6.07) is 4.03. The van der Waals surface area contributed by atoms with Gasteiger partial charge in [0.2, 0.25) is 0 Å². The zero-order valence-electron chi connectivity index (χ0n) is 10.3. The minimum absolute atomic E-state index is 0.211. The Morgan fingerprint density at radius 3 is 2.89 bits per heavy atom. The number of nitrogens with one attached hydrogen (secondary N) is 1. The zero-order chi connectivity index (χ0) is 13.3.